The van der Waals surface area contributed by atoms with Crippen molar-refractivity contribution in [2.75, 3.05) is 6.61 Å². The summed E-state index contributed by atoms with van der Waals surface area (Å²) < 4.78 is 5.03. The van der Waals surface area contributed by atoms with E-state index in [2.05, 4.69) is 48.7 Å². The number of carbonyl (C=O) groups is 1. The lowest BCUT2D eigenvalue weighted by molar-refractivity contribution is -0.253. The van der Waals surface area contributed by atoms with E-state index < -0.39 is 37.3 Å². The molecule has 0 aromatic heterocycles. The smallest absolute Gasteiger partial charge is 0.220 e. The third-order valence-corrected chi connectivity index (χ3v) is 5.27. The molecule has 1 unspecified atom stereocenters. The van der Waals surface area contributed by atoms with Crippen LogP contribution < -0.4 is 5.32 Å². The molecule has 0 spiro atoms. The molecule has 0 saturated carbocycles. The first kappa shape index (κ1) is 27.5. The van der Waals surface area contributed by atoms with E-state index in [9.17, 15) is 20.1 Å². The van der Waals surface area contributed by atoms with Gasteiger partial charge in [0.25, 0.3) is 0 Å². The van der Waals surface area contributed by atoms with Crippen LogP contribution in [0.5, 0.6) is 0 Å². The van der Waals surface area contributed by atoms with Crippen molar-refractivity contribution in [3.8, 4) is 0 Å². The van der Waals surface area contributed by atoms with Gasteiger partial charge in [-0.3, -0.25) is 4.79 Å². The first-order valence-electron chi connectivity index (χ1n) is 11.6. The molecular formula is C24H41NO6. The molecule has 1 rings (SSSR count). The lowest BCUT2D eigenvalue weighted by atomic mass is 9.97. The molecule has 0 aromatic carbocycles. The zero-order chi connectivity index (χ0) is 22.9. The SMILES string of the molecule is CCCCC/C=C\C/C=C\C/C=C\CCCCC(=O)N[C@H]1C(O)O[C@H](CO)[C@@H](O)[C@@H]1O. The van der Waals surface area contributed by atoms with Crippen LogP contribution in [0, 0.1) is 0 Å². The molecule has 0 radical (unpaired) electrons. The summed E-state index contributed by atoms with van der Waals surface area (Å²) in [5, 5.41) is 41.3. The summed E-state index contributed by atoms with van der Waals surface area (Å²) in [5.74, 6) is -0.323. The monoisotopic (exact) mass is 439 g/mol. The Bertz CT molecular complexity index is 562. The number of carbonyl (C=O) groups excluding carboxylic acids is 1. The number of ether oxygens (including phenoxy) is 1. The Balaban J connectivity index is 2.09. The summed E-state index contributed by atoms with van der Waals surface area (Å²) >= 11 is 0. The molecule has 5 atom stereocenters. The van der Waals surface area contributed by atoms with Crippen molar-refractivity contribution < 1.29 is 30.0 Å². The summed E-state index contributed by atoms with van der Waals surface area (Å²) in [6, 6.07) is -1.12. The summed E-state index contributed by atoms with van der Waals surface area (Å²) in [5.41, 5.74) is 0. The average Bonchev–Trinajstić information content (AvgIpc) is 2.76. The minimum absolute atomic E-state index is 0.258. The molecule has 1 amide bonds. The predicted octanol–water partition coefficient (Wildman–Crippen LogP) is 2.49. The molecule has 1 fully saturated rings. The highest BCUT2D eigenvalue weighted by Gasteiger charge is 2.44. The van der Waals surface area contributed by atoms with Crippen LogP contribution in [0.3, 0.4) is 0 Å². The van der Waals surface area contributed by atoms with Gasteiger partial charge in [0, 0.05) is 6.42 Å². The topological polar surface area (TPSA) is 119 Å². The Morgan fingerprint density at radius 1 is 0.871 bits per heavy atom. The van der Waals surface area contributed by atoms with Crippen LogP contribution in [-0.4, -0.2) is 63.6 Å². The number of hydrogen-bond acceptors (Lipinski definition) is 6. The van der Waals surface area contributed by atoms with Crippen molar-refractivity contribution in [3.63, 3.8) is 0 Å². The molecule has 1 aliphatic heterocycles. The Morgan fingerprint density at radius 2 is 1.45 bits per heavy atom. The minimum Gasteiger partial charge on any atom is -0.394 e. The highest BCUT2D eigenvalue weighted by molar-refractivity contribution is 5.76. The maximum Gasteiger partial charge on any atom is 0.220 e. The van der Waals surface area contributed by atoms with Gasteiger partial charge >= 0.3 is 0 Å². The van der Waals surface area contributed by atoms with Crippen LogP contribution >= 0.6 is 0 Å². The fourth-order valence-corrected chi connectivity index (χ4v) is 3.35. The molecule has 0 aliphatic carbocycles. The second-order valence-corrected chi connectivity index (χ2v) is 7.95. The zero-order valence-electron chi connectivity index (χ0n) is 18.7. The van der Waals surface area contributed by atoms with Gasteiger partial charge in [-0.15, -0.1) is 0 Å². The summed E-state index contributed by atoms with van der Waals surface area (Å²) in [7, 11) is 0. The molecule has 1 heterocycles. The number of allylic oxidation sites excluding steroid dienone is 6. The normalized spacial score (nSPS) is 26.9. The summed E-state index contributed by atoms with van der Waals surface area (Å²) in [6.07, 6.45) is 17.2. The number of unbranched alkanes of at least 4 members (excludes halogenated alkanes) is 5. The van der Waals surface area contributed by atoms with Crippen molar-refractivity contribution in [2.24, 2.45) is 0 Å². The first-order chi connectivity index (χ1) is 15.0. The number of aliphatic hydroxyl groups excluding tert-OH is 4. The van der Waals surface area contributed by atoms with Gasteiger partial charge in [-0.25, -0.2) is 0 Å². The molecule has 0 aromatic rings. The molecule has 0 bridgehead atoms. The maximum absolute atomic E-state index is 12.0. The molecule has 31 heavy (non-hydrogen) atoms. The van der Waals surface area contributed by atoms with Crippen LogP contribution in [0.25, 0.3) is 0 Å². The molecule has 5 N–H and O–H groups in total. The number of amides is 1. The van der Waals surface area contributed by atoms with Crippen molar-refractivity contribution in [3.05, 3.63) is 36.5 Å². The predicted molar refractivity (Wildman–Crippen MR) is 121 cm³/mol. The van der Waals surface area contributed by atoms with E-state index in [0.717, 1.165) is 25.7 Å². The van der Waals surface area contributed by atoms with E-state index in [1.54, 1.807) is 0 Å². The average molecular weight is 440 g/mol. The van der Waals surface area contributed by atoms with Crippen molar-refractivity contribution in [2.45, 2.75) is 102 Å². The quantitative estimate of drug-likeness (QED) is 0.198. The van der Waals surface area contributed by atoms with Gasteiger partial charge in [-0.05, 0) is 44.9 Å². The van der Waals surface area contributed by atoms with Gasteiger partial charge in [0.15, 0.2) is 6.29 Å². The number of aliphatic hydroxyl groups is 4. The second kappa shape index (κ2) is 17.1. The minimum atomic E-state index is -1.48. The highest BCUT2D eigenvalue weighted by Crippen LogP contribution is 2.20. The third kappa shape index (κ3) is 11.6. The molecule has 178 valence electrons. The van der Waals surface area contributed by atoms with Crippen LogP contribution in [0.15, 0.2) is 36.5 Å². The summed E-state index contributed by atoms with van der Waals surface area (Å²) in [6.45, 7) is 1.68. The van der Waals surface area contributed by atoms with Crippen LogP contribution in [0.1, 0.15) is 71.1 Å². The largest absolute Gasteiger partial charge is 0.394 e. The highest BCUT2D eigenvalue weighted by atomic mass is 16.6. The van der Waals surface area contributed by atoms with Gasteiger partial charge < -0.3 is 30.5 Å². The first-order valence-corrected chi connectivity index (χ1v) is 11.6. The molecular weight excluding hydrogens is 398 g/mol. The summed E-state index contributed by atoms with van der Waals surface area (Å²) in [4.78, 5) is 12.0. The van der Waals surface area contributed by atoms with E-state index in [1.165, 1.54) is 25.7 Å². The van der Waals surface area contributed by atoms with Crippen LogP contribution in [-0.2, 0) is 9.53 Å². The van der Waals surface area contributed by atoms with E-state index in [-0.39, 0.29) is 12.3 Å². The van der Waals surface area contributed by atoms with E-state index in [1.807, 2.05) is 0 Å². The fourth-order valence-electron chi connectivity index (χ4n) is 3.35. The Morgan fingerprint density at radius 3 is 2.03 bits per heavy atom. The molecule has 1 saturated heterocycles. The Hall–Kier alpha value is -1.51. The lowest BCUT2D eigenvalue weighted by Gasteiger charge is -2.40. The van der Waals surface area contributed by atoms with Gasteiger partial charge in [0.1, 0.15) is 24.4 Å². The van der Waals surface area contributed by atoms with E-state index in [0.29, 0.717) is 6.42 Å². The lowest BCUT2D eigenvalue weighted by Crippen LogP contribution is -2.64. The van der Waals surface area contributed by atoms with E-state index in [4.69, 9.17) is 9.84 Å². The zero-order valence-corrected chi connectivity index (χ0v) is 18.7. The van der Waals surface area contributed by atoms with Gasteiger partial charge in [0.2, 0.25) is 5.91 Å². The number of rotatable bonds is 15. The van der Waals surface area contributed by atoms with Gasteiger partial charge in [-0.2, -0.15) is 0 Å². The Kier molecular flexibility index (Phi) is 15.2. The van der Waals surface area contributed by atoms with Gasteiger partial charge in [-0.1, -0.05) is 56.2 Å². The van der Waals surface area contributed by atoms with Crippen LogP contribution in [0.2, 0.25) is 0 Å². The van der Waals surface area contributed by atoms with Crippen LogP contribution in [0.4, 0.5) is 0 Å². The van der Waals surface area contributed by atoms with Crippen molar-refractivity contribution in [1.82, 2.24) is 5.32 Å². The fraction of sp³-hybridized carbons (Fsp3) is 0.708. The van der Waals surface area contributed by atoms with Crippen molar-refractivity contribution >= 4 is 5.91 Å². The second-order valence-electron chi connectivity index (χ2n) is 7.95. The van der Waals surface area contributed by atoms with E-state index >= 15 is 0 Å². The molecule has 7 nitrogen and oxygen atoms in total. The third-order valence-electron chi connectivity index (χ3n) is 5.27. The maximum atomic E-state index is 12.0. The number of nitrogens with one attached hydrogen (secondary N) is 1. The molecule has 1 aliphatic rings. The van der Waals surface area contributed by atoms with Gasteiger partial charge in [0.05, 0.1) is 6.61 Å². The standard InChI is InChI=1S/C24H41NO6/c1-2-3-4-5-6-7-8-9-10-11-12-13-14-15-16-17-20(27)25-21-23(29)22(28)19(18-26)31-24(21)30/h6-7,9-10,12-13,19,21-24,26,28-30H,2-5,8,11,14-18H2,1H3,(H,25,27)/b7-6-,10-9-,13-12-/t19-,21-,22-,23-,24?/m1/s1. The van der Waals surface area contributed by atoms with Crippen molar-refractivity contribution in [1.29, 1.82) is 0 Å². The number of hydrogen-bond donors (Lipinski definition) is 5. The molecule has 7 heteroatoms. The Labute approximate surface area is 186 Å².